The summed E-state index contributed by atoms with van der Waals surface area (Å²) < 4.78 is 5.21. The first-order chi connectivity index (χ1) is 14.0. The van der Waals surface area contributed by atoms with Crippen LogP contribution in [0, 0.1) is 6.92 Å². The summed E-state index contributed by atoms with van der Waals surface area (Å²) in [7, 11) is 0. The van der Waals surface area contributed by atoms with Crippen molar-refractivity contribution in [3.8, 4) is 0 Å². The fourth-order valence-corrected chi connectivity index (χ4v) is 3.15. The number of rotatable bonds is 8. The monoisotopic (exact) mass is 390 g/mol. The molecule has 1 aromatic heterocycles. The molecule has 0 unspecified atom stereocenters. The Morgan fingerprint density at radius 2 is 1.79 bits per heavy atom. The summed E-state index contributed by atoms with van der Waals surface area (Å²) in [6.07, 6.45) is 2.30. The Balaban J connectivity index is 1.65. The lowest BCUT2D eigenvalue weighted by atomic mass is 10.1. The van der Waals surface area contributed by atoms with Crippen molar-refractivity contribution in [2.24, 2.45) is 0 Å². The van der Waals surface area contributed by atoms with Gasteiger partial charge in [-0.3, -0.25) is 9.59 Å². The zero-order valence-corrected chi connectivity index (χ0v) is 16.9. The van der Waals surface area contributed by atoms with Gasteiger partial charge in [0.05, 0.1) is 25.8 Å². The number of nitrogens with one attached hydrogen (secondary N) is 1. The maximum Gasteiger partial charge on any atom is 0.227 e. The molecule has 0 atom stereocenters. The van der Waals surface area contributed by atoms with E-state index in [0.29, 0.717) is 19.5 Å². The van der Waals surface area contributed by atoms with Crippen LogP contribution >= 0.6 is 0 Å². The Morgan fingerprint density at radius 3 is 2.45 bits per heavy atom. The average Bonchev–Trinajstić information content (AvgIpc) is 3.24. The van der Waals surface area contributed by atoms with E-state index in [4.69, 9.17) is 4.42 Å². The first kappa shape index (κ1) is 20.4. The smallest absolute Gasteiger partial charge is 0.227 e. The number of amides is 2. The molecule has 0 aliphatic rings. The fraction of sp³-hybridized carbons (Fsp3) is 0.250. The molecule has 2 amide bonds. The van der Waals surface area contributed by atoms with E-state index in [2.05, 4.69) is 11.4 Å². The summed E-state index contributed by atoms with van der Waals surface area (Å²) in [5, 5.41) is 2.84. The number of nitrogens with zero attached hydrogens (tertiary/aromatic N) is 1. The molecule has 0 aliphatic heterocycles. The van der Waals surface area contributed by atoms with Crippen molar-refractivity contribution >= 4 is 17.5 Å². The molecule has 29 heavy (non-hydrogen) atoms. The average molecular weight is 390 g/mol. The molecule has 0 bridgehead atoms. The second kappa shape index (κ2) is 9.73. The van der Waals surface area contributed by atoms with Crippen LogP contribution in [0.4, 0.5) is 5.69 Å². The molecule has 0 spiro atoms. The Morgan fingerprint density at radius 1 is 1.00 bits per heavy atom. The molecule has 2 aromatic carbocycles. The van der Waals surface area contributed by atoms with Crippen LogP contribution in [0.5, 0.6) is 0 Å². The van der Waals surface area contributed by atoms with E-state index >= 15 is 0 Å². The molecule has 0 saturated carbocycles. The number of hydrogen-bond acceptors (Lipinski definition) is 3. The molecule has 0 aliphatic carbocycles. The van der Waals surface area contributed by atoms with E-state index in [1.807, 2.05) is 62.4 Å². The van der Waals surface area contributed by atoms with Gasteiger partial charge in [-0.05, 0) is 42.3 Å². The number of benzene rings is 2. The quantitative estimate of drug-likeness (QED) is 0.620. The van der Waals surface area contributed by atoms with Crippen molar-refractivity contribution in [3.05, 3.63) is 89.4 Å². The highest BCUT2D eigenvalue weighted by molar-refractivity contribution is 5.93. The first-order valence-electron chi connectivity index (χ1n) is 9.79. The summed E-state index contributed by atoms with van der Waals surface area (Å²) in [6, 6.07) is 19.4. The lowest BCUT2D eigenvalue weighted by Gasteiger charge is -2.23. The van der Waals surface area contributed by atoms with E-state index in [-0.39, 0.29) is 18.2 Å². The van der Waals surface area contributed by atoms with Crippen LogP contribution in [0.25, 0.3) is 0 Å². The van der Waals surface area contributed by atoms with Crippen LogP contribution in [0.15, 0.2) is 71.3 Å². The Hall–Kier alpha value is -3.34. The van der Waals surface area contributed by atoms with Crippen molar-refractivity contribution < 1.29 is 14.0 Å². The van der Waals surface area contributed by atoms with Crippen LogP contribution < -0.4 is 10.2 Å². The van der Waals surface area contributed by atoms with Crippen LogP contribution in [-0.2, 0) is 29.1 Å². The van der Waals surface area contributed by atoms with Crippen molar-refractivity contribution in [2.45, 2.75) is 39.8 Å². The fourth-order valence-electron chi connectivity index (χ4n) is 3.15. The van der Waals surface area contributed by atoms with Gasteiger partial charge in [-0.25, -0.2) is 0 Å². The van der Waals surface area contributed by atoms with Gasteiger partial charge in [-0.15, -0.1) is 0 Å². The molecule has 5 nitrogen and oxygen atoms in total. The van der Waals surface area contributed by atoms with Gasteiger partial charge in [0.15, 0.2) is 0 Å². The maximum atomic E-state index is 12.5. The topological polar surface area (TPSA) is 62.6 Å². The molecule has 0 radical (unpaired) electrons. The van der Waals surface area contributed by atoms with Crippen LogP contribution in [0.1, 0.15) is 35.8 Å². The molecule has 0 fully saturated rings. The number of furan rings is 1. The van der Waals surface area contributed by atoms with E-state index < -0.39 is 0 Å². The normalized spacial score (nSPS) is 10.6. The lowest BCUT2D eigenvalue weighted by Crippen LogP contribution is -2.29. The van der Waals surface area contributed by atoms with Gasteiger partial charge in [-0.1, -0.05) is 48.9 Å². The first-order valence-corrected chi connectivity index (χ1v) is 9.79. The van der Waals surface area contributed by atoms with Gasteiger partial charge in [0.2, 0.25) is 11.8 Å². The molecule has 3 rings (SSSR count). The van der Waals surface area contributed by atoms with Crippen molar-refractivity contribution in [1.29, 1.82) is 0 Å². The lowest BCUT2D eigenvalue weighted by molar-refractivity contribution is -0.121. The van der Waals surface area contributed by atoms with E-state index in [0.717, 1.165) is 22.6 Å². The van der Waals surface area contributed by atoms with Crippen LogP contribution in [-0.4, -0.2) is 11.8 Å². The molecular weight excluding hydrogens is 364 g/mol. The van der Waals surface area contributed by atoms with Crippen LogP contribution in [0.2, 0.25) is 0 Å². The third-order valence-electron chi connectivity index (χ3n) is 4.68. The maximum absolute atomic E-state index is 12.5. The molecule has 1 heterocycles. The molecular formula is C24H26N2O3. The number of aryl methyl sites for hydroxylation is 1. The Kier molecular flexibility index (Phi) is 6.85. The zero-order valence-electron chi connectivity index (χ0n) is 16.9. The predicted molar refractivity (Wildman–Crippen MR) is 113 cm³/mol. The minimum absolute atomic E-state index is 0.0652. The zero-order chi connectivity index (χ0) is 20.6. The van der Waals surface area contributed by atoms with Gasteiger partial charge in [0.25, 0.3) is 0 Å². The number of hydrogen-bond donors (Lipinski definition) is 1. The summed E-state index contributed by atoms with van der Waals surface area (Å²) in [6.45, 7) is 4.81. The van der Waals surface area contributed by atoms with Crippen molar-refractivity contribution in [3.63, 3.8) is 0 Å². The van der Waals surface area contributed by atoms with Crippen molar-refractivity contribution in [1.82, 2.24) is 5.32 Å². The van der Waals surface area contributed by atoms with E-state index in [1.54, 1.807) is 17.2 Å². The second-order valence-corrected chi connectivity index (χ2v) is 7.02. The standard InChI is InChI=1S/C24H26N2O3/c1-3-24(28)26(17-20-7-4-6-18(2)14-20)21-11-9-19(10-12-21)15-23(27)25-16-22-8-5-13-29-22/h4-14H,3,15-17H2,1-2H3,(H,25,27). The third kappa shape index (κ3) is 5.82. The van der Waals surface area contributed by atoms with Gasteiger partial charge in [-0.2, -0.15) is 0 Å². The summed E-state index contributed by atoms with van der Waals surface area (Å²) in [5.41, 5.74) is 3.98. The Labute approximate surface area is 171 Å². The minimum Gasteiger partial charge on any atom is -0.467 e. The van der Waals surface area contributed by atoms with E-state index in [9.17, 15) is 9.59 Å². The largest absolute Gasteiger partial charge is 0.467 e. The van der Waals surface area contributed by atoms with Crippen molar-refractivity contribution in [2.75, 3.05) is 4.90 Å². The molecule has 150 valence electrons. The summed E-state index contributed by atoms with van der Waals surface area (Å²) >= 11 is 0. The number of carbonyl (C=O) groups is 2. The molecule has 5 heteroatoms. The Bertz CT molecular complexity index is 947. The minimum atomic E-state index is -0.0737. The highest BCUT2D eigenvalue weighted by Crippen LogP contribution is 2.20. The van der Waals surface area contributed by atoms with Gasteiger partial charge in [0, 0.05) is 12.1 Å². The third-order valence-corrected chi connectivity index (χ3v) is 4.68. The van der Waals surface area contributed by atoms with Gasteiger partial charge >= 0.3 is 0 Å². The van der Waals surface area contributed by atoms with E-state index in [1.165, 1.54) is 5.56 Å². The van der Waals surface area contributed by atoms with Gasteiger partial charge in [0.1, 0.15) is 5.76 Å². The SMILES string of the molecule is CCC(=O)N(Cc1cccc(C)c1)c1ccc(CC(=O)NCc2ccco2)cc1. The summed E-state index contributed by atoms with van der Waals surface area (Å²) in [5.74, 6) is 0.712. The number of anilines is 1. The highest BCUT2D eigenvalue weighted by atomic mass is 16.3. The summed E-state index contributed by atoms with van der Waals surface area (Å²) in [4.78, 5) is 26.4. The molecule has 0 saturated heterocycles. The molecule has 3 aromatic rings. The molecule has 1 N–H and O–H groups in total. The van der Waals surface area contributed by atoms with Gasteiger partial charge < -0.3 is 14.6 Å². The highest BCUT2D eigenvalue weighted by Gasteiger charge is 2.15. The number of carbonyl (C=O) groups excluding carboxylic acids is 2. The van der Waals surface area contributed by atoms with Crippen LogP contribution in [0.3, 0.4) is 0 Å². The predicted octanol–water partition coefficient (Wildman–Crippen LogP) is 4.39. The second-order valence-electron chi connectivity index (χ2n) is 7.02.